The Bertz CT molecular complexity index is 866. The maximum absolute atomic E-state index is 13.0. The summed E-state index contributed by atoms with van der Waals surface area (Å²) in [7, 11) is -5.18. The van der Waals surface area contributed by atoms with Crippen molar-refractivity contribution in [2.45, 2.75) is 55.5 Å². The lowest BCUT2D eigenvalue weighted by Crippen LogP contribution is -2.55. The van der Waals surface area contributed by atoms with E-state index in [0.29, 0.717) is 31.1 Å². The number of benzene rings is 1. The highest BCUT2D eigenvalue weighted by molar-refractivity contribution is 7.86. The molecule has 4 unspecified atom stereocenters. The lowest BCUT2D eigenvalue weighted by Gasteiger charge is -2.59. The van der Waals surface area contributed by atoms with E-state index in [1.54, 1.807) is 0 Å². The molecule has 8 heteroatoms. The van der Waals surface area contributed by atoms with E-state index in [1.165, 1.54) is 5.56 Å². The van der Waals surface area contributed by atoms with E-state index in [9.17, 15) is 23.4 Å². The van der Waals surface area contributed by atoms with Crippen LogP contribution in [-0.2, 0) is 25.1 Å². The fraction of sp³-hybridized carbons (Fsp3) is 0.650. The Morgan fingerprint density at radius 1 is 1.11 bits per heavy atom. The van der Waals surface area contributed by atoms with Gasteiger partial charge in [0.25, 0.3) is 0 Å². The molecule has 0 saturated heterocycles. The maximum Gasteiger partial charge on any atom is 0.330 e. The normalized spacial score (nSPS) is 34.8. The van der Waals surface area contributed by atoms with Gasteiger partial charge < -0.3 is 14.9 Å². The number of hydrogen-bond donors (Lipinski definition) is 3. The van der Waals surface area contributed by atoms with Crippen LogP contribution in [0.15, 0.2) is 30.3 Å². The number of hydrogen-bond acceptors (Lipinski definition) is 6. The Balaban J connectivity index is 1.61. The minimum absolute atomic E-state index is 0.112. The Labute approximate surface area is 164 Å². The summed E-state index contributed by atoms with van der Waals surface area (Å²) in [6, 6.07) is 10.2. The standard InChI is InChI=1S/C20H26O7S/c21-17(27-13-20(22,23)28(24,25)26)19-9-7-14-6-8-18(12-19,10-15(14)11-19)16-4-2-1-3-5-16/h1-5,14-15,22-23H,6-13H2,(H,24,25,26). The molecule has 3 N–H and O–H groups in total. The van der Waals surface area contributed by atoms with E-state index < -0.39 is 33.2 Å². The highest BCUT2D eigenvalue weighted by Crippen LogP contribution is 2.64. The van der Waals surface area contributed by atoms with Crippen LogP contribution in [0.25, 0.3) is 0 Å². The molecule has 4 atom stereocenters. The topological polar surface area (TPSA) is 121 Å². The molecule has 0 heterocycles. The van der Waals surface area contributed by atoms with E-state index >= 15 is 0 Å². The van der Waals surface area contributed by atoms with Crippen molar-refractivity contribution < 1.29 is 32.7 Å². The molecule has 3 aliphatic rings. The number of esters is 1. The first-order valence-corrected chi connectivity index (χ1v) is 11.2. The Morgan fingerprint density at radius 2 is 1.79 bits per heavy atom. The molecule has 3 fully saturated rings. The van der Waals surface area contributed by atoms with Crippen molar-refractivity contribution >= 4 is 16.1 Å². The molecule has 1 aromatic rings. The monoisotopic (exact) mass is 410 g/mol. The average molecular weight is 410 g/mol. The quantitative estimate of drug-likeness (QED) is 0.385. The largest absolute Gasteiger partial charge is 0.458 e. The van der Waals surface area contributed by atoms with Gasteiger partial charge in [0.1, 0.15) is 0 Å². The summed E-state index contributed by atoms with van der Waals surface area (Å²) in [5, 5.41) is 15.5. The van der Waals surface area contributed by atoms with Crippen LogP contribution in [-0.4, -0.2) is 40.9 Å². The van der Waals surface area contributed by atoms with E-state index in [-0.39, 0.29) is 5.41 Å². The molecule has 7 nitrogen and oxygen atoms in total. The molecule has 0 spiro atoms. The van der Waals surface area contributed by atoms with Crippen LogP contribution in [0.4, 0.5) is 0 Å². The van der Waals surface area contributed by atoms with Crippen molar-refractivity contribution in [2.75, 3.05) is 6.61 Å². The zero-order valence-corrected chi connectivity index (χ0v) is 16.4. The molecule has 3 saturated carbocycles. The number of ether oxygens (including phenoxy) is 1. The molecule has 0 aliphatic heterocycles. The third-order valence-electron chi connectivity index (χ3n) is 7.26. The van der Waals surface area contributed by atoms with Gasteiger partial charge in [-0.1, -0.05) is 30.3 Å². The summed E-state index contributed by atoms with van der Waals surface area (Å²) in [5.74, 6) is 0.387. The van der Waals surface area contributed by atoms with Crippen molar-refractivity contribution in [3.05, 3.63) is 35.9 Å². The second-order valence-corrected chi connectivity index (χ2v) is 10.5. The van der Waals surface area contributed by atoms with E-state index in [4.69, 9.17) is 9.29 Å². The smallest absolute Gasteiger partial charge is 0.330 e. The van der Waals surface area contributed by atoms with E-state index in [1.807, 2.05) is 18.2 Å². The molecule has 0 aromatic heterocycles. The minimum Gasteiger partial charge on any atom is -0.458 e. The van der Waals surface area contributed by atoms with Crippen LogP contribution in [0.5, 0.6) is 0 Å². The molecule has 154 valence electrons. The van der Waals surface area contributed by atoms with Gasteiger partial charge in [0.2, 0.25) is 0 Å². The second kappa shape index (κ2) is 6.52. The first kappa shape index (κ1) is 19.8. The summed E-state index contributed by atoms with van der Waals surface area (Å²) in [4.78, 5) is 13.0. The molecular formula is C20H26O7S. The molecular weight excluding hydrogens is 384 g/mol. The van der Waals surface area contributed by atoms with Crippen LogP contribution in [0.2, 0.25) is 0 Å². The summed E-state index contributed by atoms with van der Waals surface area (Å²) >= 11 is 0. The summed E-state index contributed by atoms with van der Waals surface area (Å²) in [6.07, 6.45) is 6.05. The zero-order valence-electron chi connectivity index (χ0n) is 15.6. The van der Waals surface area contributed by atoms with Crippen LogP contribution in [0.1, 0.15) is 50.5 Å². The van der Waals surface area contributed by atoms with Crippen LogP contribution < -0.4 is 0 Å². The summed E-state index contributed by atoms with van der Waals surface area (Å²) in [6.45, 7) is -1.21. The fourth-order valence-electron chi connectivity index (χ4n) is 5.92. The number of carbonyl (C=O) groups excluding carboxylic acids is 1. The van der Waals surface area contributed by atoms with E-state index in [0.717, 1.165) is 25.7 Å². The molecule has 28 heavy (non-hydrogen) atoms. The second-order valence-electron chi connectivity index (χ2n) is 8.90. The lowest BCUT2D eigenvalue weighted by molar-refractivity contribution is -0.187. The first-order valence-electron chi connectivity index (χ1n) is 9.72. The van der Waals surface area contributed by atoms with Gasteiger partial charge >= 0.3 is 21.2 Å². The molecule has 4 rings (SSSR count). The van der Waals surface area contributed by atoms with Crippen LogP contribution in [0, 0.1) is 17.3 Å². The van der Waals surface area contributed by atoms with Crippen LogP contribution in [0.3, 0.4) is 0 Å². The Morgan fingerprint density at radius 3 is 2.46 bits per heavy atom. The van der Waals surface area contributed by atoms with Gasteiger partial charge in [-0.15, -0.1) is 0 Å². The molecule has 3 aliphatic carbocycles. The van der Waals surface area contributed by atoms with Gasteiger partial charge in [-0.25, -0.2) is 0 Å². The minimum atomic E-state index is -5.18. The molecule has 1 aromatic carbocycles. The molecule has 0 amide bonds. The first-order chi connectivity index (χ1) is 13.1. The van der Waals surface area contributed by atoms with Crippen molar-refractivity contribution in [2.24, 2.45) is 17.3 Å². The predicted molar refractivity (Wildman–Crippen MR) is 99.5 cm³/mol. The van der Waals surface area contributed by atoms with Crippen molar-refractivity contribution in [1.82, 2.24) is 0 Å². The van der Waals surface area contributed by atoms with Gasteiger partial charge in [-0.05, 0) is 67.8 Å². The van der Waals surface area contributed by atoms with Crippen molar-refractivity contribution in [1.29, 1.82) is 0 Å². The fourth-order valence-corrected chi connectivity index (χ4v) is 6.13. The summed E-state index contributed by atoms with van der Waals surface area (Å²) < 4.78 is 36.1. The van der Waals surface area contributed by atoms with Gasteiger partial charge in [0.15, 0.2) is 6.61 Å². The van der Waals surface area contributed by atoms with Crippen LogP contribution >= 0.6 is 0 Å². The number of aliphatic hydroxyl groups is 2. The summed E-state index contributed by atoms with van der Waals surface area (Å²) in [5.41, 5.74) is 0.345. The zero-order chi connectivity index (χ0) is 20.2. The lowest BCUT2D eigenvalue weighted by atomic mass is 9.45. The van der Waals surface area contributed by atoms with Crippen molar-refractivity contribution in [3.8, 4) is 0 Å². The third kappa shape index (κ3) is 3.16. The number of rotatable bonds is 5. The molecule has 0 radical (unpaired) electrons. The van der Waals surface area contributed by atoms with Gasteiger partial charge in [-0.3, -0.25) is 9.35 Å². The Hall–Kier alpha value is -1.48. The number of carbonyl (C=O) groups is 1. The highest BCUT2D eigenvalue weighted by Gasteiger charge is 2.59. The Kier molecular flexibility index (Phi) is 4.61. The van der Waals surface area contributed by atoms with Gasteiger partial charge in [0.05, 0.1) is 5.41 Å². The van der Waals surface area contributed by atoms with Gasteiger partial charge in [0, 0.05) is 0 Å². The predicted octanol–water partition coefficient (Wildman–Crippen LogP) is 1.98. The maximum atomic E-state index is 13.0. The van der Waals surface area contributed by atoms with Crippen molar-refractivity contribution in [3.63, 3.8) is 0 Å². The van der Waals surface area contributed by atoms with Gasteiger partial charge in [-0.2, -0.15) is 8.42 Å². The third-order valence-corrected chi connectivity index (χ3v) is 8.20. The SMILES string of the molecule is O=C(OCC(O)(O)S(=O)(=O)O)C12CCC3CCC(c4ccccc4)(CC3C1)C2. The number of fused-ring (bicyclic) bond motifs is 2. The highest BCUT2D eigenvalue weighted by atomic mass is 32.2. The average Bonchev–Trinajstić information content (AvgIpc) is 2.64. The van der Waals surface area contributed by atoms with E-state index in [2.05, 4.69) is 12.1 Å². The molecule has 3 bridgehead atoms.